The zero-order chi connectivity index (χ0) is 26.1. The number of unbranched alkanes of at least 4 members (excludes halogenated alkanes) is 2. The molecule has 0 saturated carbocycles. The lowest BCUT2D eigenvalue weighted by Gasteiger charge is -2.40. The maximum atomic E-state index is 14.3. The van der Waals surface area contributed by atoms with Gasteiger partial charge >= 0.3 is 0 Å². The van der Waals surface area contributed by atoms with Crippen LogP contribution in [0.25, 0.3) is 0 Å². The lowest BCUT2D eigenvalue weighted by Crippen LogP contribution is -2.58. The maximum absolute atomic E-state index is 14.3. The minimum Gasteiger partial charge on any atom is -0.394 e. The molecule has 1 N–H and O–H groups in total. The molecule has 2 fully saturated rings. The Hall–Kier alpha value is -2.19. The Morgan fingerprint density at radius 1 is 0.917 bits per heavy atom. The van der Waals surface area contributed by atoms with Crippen molar-refractivity contribution in [1.29, 1.82) is 0 Å². The molecule has 200 valence electrons. The summed E-state index contributed by atoms with van der Waals surface area (Å²) in [6.07, 6.45) is 12.6. The van der Waals surface area contributed by atoms with Crippen molar-refractivity contribution in [2.75, 3.05) is 32.8 Å². The average molecular weight is 502 g/mol. The normalized spacial score (nSPS) is 34.5. The summed E-state index contributed by atoms with van der Waals surface area (Å²) in [6.45, 7) is 9.96. The lowest BCUT2D eigenvalue weighted by molar-refractivity contribution is -0.157. The van der Waals surface area contributed by atoms with E-state index in [-0.39, 0.29) is 24.3 Å². The molecular formula is C28H43N3O5. The Labute approximate surface area is 215 Å². The Morgan fingerprint density at radius 2 is 1.61 bits per heavy atom. The van der Waals surface area contributed by atoms with E-state index >= 15 is 0 Å². The summed E-state index contributed by atoms with van der Waals surface area (Å²) in [6, 6.07) is -1.41. The van der Waals surface area contributed by atoms with Crippen LogP contribution < -0.4 is 0 Å². The Kier molecular flexibility index (Phi) is 7.95. The molecule has 0 radical (unpaired) electrons. The second kappa shape index (κ2) is 10.7. The van der Waals surface area contributed by atoms with Gasteiger partial charge in [-0.15, -0.1) is 0 Å². The van der Waals surface area contributed by atoms with Gasteiger partial charge in [-0.2, -0.15) is 0 Å². The molecule has 1 spiro atoms. The van der Waals surface area contributed by atoms with Crippen LogP contribution in [0.3, 0.4) is 0 Å². The molecular weight excluding hydrogens is 458 g/mol. The second-order valence-corrected chi connectivity index (χ2v) is 10.7. The molecule has 0 aromatic carbocycles. The van der Waals surface area contributed by atoms with Crippen LogP contribution in [-0.4, -0.2) is 93.6 Å². The van der Waals surface area contributed by atoms with Crippen LogP contribution in [0, 0.1) is 11.8 Å². The number of carbonyl (C=O) groups excluding carboxylic acids is 3. The zero-order valence-electron chi connectivity index (χ0n) is 22.3. The molecule has 3 amide bonds. The highest BCUT2D eigenvalue weighted by molar-refractivity contribution is 6.00. The first kappa shape index (κ1) is 26.9. The molecule has 4 heterocycles. The second-order valence-electron chi connectivity index (χ2n) is 10.7. The highest BCUT2D eigenvalue weighted by Gasteiger charge is 2.75. The third kappa shape index (κ3) is 4.01. The van der Waals surface area contributed by atoms with Crippen LogP contribution in [-0.2, 0) is 19.1 Å². The Morgan fingerprint density at radius 3 is 2.22 bits per heavy atom. The number of fused-ring (bicyclic) bond motifs is 2. The molecule has 4 aliphatic heterocycles. The minimum absolute atomic E-state index is 0.0820. The highest BCUT2D eigenvalue weighted by Crippen LogP contribution is 2.59. The van der Waals surface area contributed by atoms with Gasteiger partial charge in [-0.25, -0.2) is 0 Å². The van der Waals surface area contributed by atoms with Gasteiger partial charge in [0.1, 0.15) is 11.6 Å². The quantitative estimate of drug-likeness (QED) is 0.367. The van der Waals surface area contributed by atoms with Crippen LogP contribution in [0.2, 0.25) is 0 Å². The van der Waals surface area contributed by atoms with Gasteiger partial charge in [0, 0.05) is 26.2 Å². The number of ether oxygens (including phenoxy) is 1. The summed E-state index contributed by atoms with van der Waals surface area (Å²) in [5.41, 5.74) is -2.20. The zero-order valence-corrected chi connectivity index (χ0v) is 22.3. The molecule has 8 nitrogen and oxygen atoms in total. The van der Waals surface area contributed by atoms with Crippen LogP contribution in [0.1, 0.15) is 66.2 Å². The number of nitrogens with zero attached hydrogens (tertiary/aromatic N) is 3. The fraction of sp³-hybridized carbons (Fsp3) is 0.750. The number of carbonyl (C=O) groups is 3. The number of aliphatic hydroxyl groups is 1. The van der Waals surface area contributed by atoms with Gasteiger partial charge < -0.3 is 24.5 Å². The molecule has 0 aromatic heterocycles. The summed E-state index contributed by atoms with van der Waals surface area (Å²) in [4.78, 5) is 47.7. The van der Waals surface area contributed by atoms with Gasteiger partial charge in [-0.3, -0.25) is 14.4 Å². The molecule has 4 rings (SSSR count). The van der Waals surface area contributed by atoms with Crippen molar-refractivity contribution in [3.8, 4) is 0 Å². The number of rotatable bonds is 10. The molecule has 4 aliphatic rings. The fourth-order valence-corrected chi connectivity index (χ4v) is 6.83. The largest absolute Gasteiger partial charge is 0.394 e. The van der Waals surface area contributed by atoms with E-state index in [4.69, 9.17) is 4.74 Å². The topological polar surface area (TPSA) is 90.4 Å². The number of amides is 3. The van der Waals surface area contributed by atoms with Crippen LogP contribution in [0.15, 0.2) is 24.3 Å². The van der Waals surface area contributed by atoms with Crippen LogP contribution >= 0.6 is 0 Å². The summed E-state index contributed by atoms with van der Waals surface area (Å²) >= 11 is 0. The Bertz CT molecular complexity index is 915. The number of likely N-dealkylation sites (tertiary alicyclic amines) is 1. The van der Waals surface area contributed by atoms with E-state index in [2.05, 4.69) is 6.92 Å². The van der Waals surface area contributed by atoms with E-state index in [1.807, 2.05) is 54.9 Å². The summed E-state index contributed by atoms with van der Waals surface area (Å²) < 4.78 is 6.95. The minimum atomic E-state index is -1.24. The maximum Gasteiger partial charge on any atom is 0.249 e. The molecule has 6 atom stereocenters. The van der Waals surface area contributed by atoms with E-state index in [1.54, 1.807) is 4.90 Å². The SMILES string of the molecule is CCCCCN1CC=C[C@]23O[C@]4(CC)C=CCN(CCC)C(=O)[C@@H]4[C@H]2C(=O)N([C@@H](CC)CO)C3C1=O. The van der Waals surface area contributed by atoms with Crippen molar-refractivity contribution in [2.24, 2.45) is 11.8 Å². The van der Waals surface area contributed by atoms with Crippen molar-refractivity contribution >= 4 is 17.7 Å². The van der Waals surface area contributed by atoms with Crippen molar-refractivity contribution in [1.82, 2.24) is 14.7 Å². The lowest BCUT2D eigenvalue weighted by atomic mass is 9.73. The van der Waals surface area contributed by atoms with E-state index in [0.717, 1.165) is 25.7 Å². The fourth-order valence-electron chi connectivity index (χ4n) is 6.83. The van der Waals surface area contributed by atoms with Crippen molar-refractivity contribution in [3.05, 3.63) is 24.3 Å². The molecule has 2 saturated heterocycles. The van der Waals surface area contributed by atoms with Gasteiger partial charge in [-0.05, 0) is 25.7 Å². The highest BCUT2D eigenvalue weighted by atomic mass is 16.5. The first-order valence-electron chi connectivity index (χ1n) is 13.9. The number of hydrogen-bond acceptors (Lipinski definition) is 5. The Balaban J connectivity index is 1.85. The molecule has 8 heteroatoms. The molecule has 1 unspecified atom stereocenters. The third-order valence-corrected chi connectivity index (χ3v) is 8.65. The average Bonchev–Trinajstić information content (AvgIpc) is 3.17. The molecule has 0 aromatic rings. The predicted octanol–water partition coefficient (Wildman–Crippen LogP) is 2.52. The van der Waals surface area contributed by atoms with E-state index in [1.165, 1.54) is 0 Å². The van der Waals surface area contributed by atoms with Crippen molar-refractivity contribution < 1.29 is 24.2 Å². The standard InChI is InChI=1S/C28H43N3O5/c1-5-9-10-16-30-18-12-14-28-22(25(34)31(20(7-3)19-32)23(28)26(30)35)21-24(33)29(15-6-2)17-11-13-27(21,8-4)36-28/h11-14,20-23,32H,5-10,15-19H2,1-4H3/t20-,21-,22-,23?,27+,28-/m0/s1. The van der Waals surface area contributed by atoms with E-state index in [9.17, 15) is 19.5 Å². The van der Waals surface area contributed by atoms with Gasteiger partial charge in [0.25, 0.3) is 0 Å². The predicted molar refractivity (Wildman–Crippen MR) is 137 cm³/mol. The van der Waals surface area contributed by atoms with Gasteiger partial charge in [0.15, 0.2) is 0 Å². The van der Waals surface area contributed by atoms with Gasteiger partial charge in [-0.1, -0.05) is 64.8 Å². The van der Waals surface area contributed by atoms with E-state index < -0.39 is 35.1 Å². The number of hydrogen-bond donors (Lipinski definition) is 1. The van der Waals surface area contributed by atoms with Crippen LogP contribution in [0.4, 0.5) is 0 Å². The first-order chi connectivity index (χ1) is 17.4. The van der Waals surface area contributed by atoms with Crippen LogP contribution in [0.5, 0.6) is 0 Å². The molecule has 36 heavy (non-hydrogen) atoms. The summed E-state index contributed by atoms with van der Waals surface area (Å²) in [5.74, 6) is -2.01. The van der Waals surface area contributed by atoms with E-state index in [0.29, 0.717) is 39.0 Å². The summed E-state index contributed by atoms with van der Waals surface area (Å²) in [7, 11) is 0. The van der Waals surface area contributed by atoms with Crippen molar-refractivity contribution in [3.63, 3.8) is 0 Å². The van der Waals surface area contributed by atoms with Gasteiger partial charge in [0.05, 0.1) is 30.1 Å². The first-order valence-corrected chi connectivity index (χ1v) is 13.9. The smallest absolute Gasteiger partial charge is 0.249 e. The molecule has 0 aliphatic carbocycles. The van der Waals surface area contributed by atoms with Crippen molar-refractivity contribution in [2.45, 2.75) is 89.5 Å². The monoisotopic (exact) mass is 501 g/mol. The summed E-state index contributed by atoms with van der Waals surface area (Å²) in [5, 5.41) is 10.2. The third-order valence-electron chi connectivity index (χ3n) is 8.65. The molecule has 0 bridgehead atoms. The van der Waals surface area contributed by atoms with Gasteiger partial charge in [0.2, 0.25) is 17.7 Å². The number of aliphatic hydroxyl groups excluding tert-OH is 1.